The normalized spacial score (nSPS) is 36.1. The van der Waals surface area contributed by atoms with Crippen LogP contribution in [0.3, 0.4) is 0 Å². The number of primary amides is 1. The molecule has 1 heterocycles. The molecule has 0 spiro atoms. The second-order valence-corrected chi connectivity index (χ2v) is 4.40. The predicted molar refractivity (Wildman–Crippen MR) is 53.1 cm³/mol. The van der Waals surface area contributed by atoms with E-state index < -0.39 is 0 Å². The lowest BCUT2D eigenvalue weighted by Gasteiger charge is -2.34. The number of carbonyl (C=O) groups excluding carboxylic acids is 1. The monoisotopic (exact) mass is 184 g/mol. The highest BCUT2D eigenvalue weighted by atomic mass is 16.1. The number of rotatable bonds is 3. The SMILES string of the molecule is CCC(C)C1(C)CNCC1C(N)=O. The number of hydrogen-bond donors (Lipinski definition) is 2. The molecule has 1 aliphatic rings. The highest BCUT2D eigenvalue weighted by Gasteiger charge is 2.44. The lowest BCUT2D eigenvalue weighted by Crippen LogP contribution is -2.40. The van der Waals surface area contributed by atoms with Crippen LogP contribution in [0.2, 0.25) is 0 Å². The van der Waals surface area contributed by atoms with E-state index in [0.29, 0.717) is 5.92 Å². The summed E-state index contributed by atoms with van der Waals surface area (Å²) >= 11 is 0. The van der Waals surface area contributed by atoms with E-state index in [2.05, 4.69) is 26.1 Å². The molecule has 1 saturated heterocycles. The zero-order valence-electron chi connectivity index (χ0n) is 8.76. The van der Waals surface area contributed by atoms with Gasteiger partial charge in [-0.05, 0) is 11.3 Å². The molecule has 13 heavy (non-hydrogen) atoms. The number of amides is 1. The van der Waals surface area contributed by atoms with Gasteiger partial charge in [-0.15, -0.1) is 0 Å². The third kappa shape index (κ3) is 1.70. The molecule has 1 rings (SSSR count). The Balaban J connectivity index is 2.81. The molecule has 3 heteroatoms. The van der Waals surface area contributed by atoms with E-state index in [1.165, 1.54) is 0 Å². The Kier molecular flexibility index (Phi) is 2.96. The van der Waals surface area contributed by atoms with Crippen LogP contribution in [0.1, 0.15) is 27.2 Å². The van der Waals surface area contributed by atoms with E-state index in [4.69, 9.17) is 5.73 Å². The van der Waals surface area contributed by atoms with Crippen LogP contribution in [0.15, 0.2) is 0 Å². The standard InChI is InChI=1S/C10H20N2O/c1-4-7(2)10(3)6-12-5-8(10)9(11)13/h7-8,12H,4-6H2,1-3H3,(H2,11,13). The minimum absolute atomic E-state index is 0.00227. The van der Waals surface area contributed by atoms with Gasteiger partial charge in [0.2, 0.25) is 5.91 Å². The van der Waals surface area contributed by atoms with Crippen LogP contribution < -0.4 is 11.1 Å². The molecule has 1 fully saturated rings. The topological polar surface area (TPSA) is 55.1 Å². The predicted octanol–water partition coefficient (Wildman–Crippen LogP) is 0.744. The highest BCUT2D eigenvalue weighted by Crippen LogP contribution is 2.39. The van der Waals surface area contributed by atoms with Crippen LogP contribution in [-0.2, 0) is 4.79 Å². The zero-order valence-corrected chi connectivity index (χ0v) is 8.76. The lowest BCUT2D eigenvalue weighted by atomic mass is 9.69. The summed E-state index contributed by atoms with van der Waals surface area (Å²) in [7, 11) is 0. The molecule has 0 aromatic carbocycles. The van der Waals surface area contributed by atoms with Gasteiger partial charge in [-0.3, -0.25) is 4.79 Å². The van der Waals surface area contributed by atoms with Crippen molar-refractivity contribution in [2.24, 2.45) is 23.0 Å². The van der Waals surface area contributed by atoms with E-state index in [1.807, 2.05) is 0 Å². The average Bonchev–Trinajstić information content (AvgIpc) is 2.47. The molecule has 3 unspecified atom stereocenters. The minimum atomic E-state index is -0.159. The summed E-state index contributed by atoms with van der Waals surface area (Å²) in [5, 5.41) is 3.26. The average molecular weight is 184 g/mol. The van der Waals surface area contributed by atoms with Crippen molar-refractivity contribution >= 4 is 5.91 Å². The first-order valence-electron chi connectivity index (χ1n) is 5.02. The van der Waals surface area contributed by atoms with Crippen molar-refractivity contribution in [3.63, 3.8) is 0 Å². The largest absolute Gasteiger partial charge is 0.369 e. The van der Waals surface area contributed by atoms with Crippen LogP contribution in [-0.4, -0.2) is 19.0 Å². The minimum Gasteiger partial charge on any atom is -0.369 e. The molecular weight excluding hydrogens is 164 g/mol. The molecule has 0 saturated carbocycles. The fraction of sp³-hybridized carbons (Fsp3) is 0.900. The third-order valence-electron chi connectivity index (χ3n) is 3.73. The third-order valence-corrected chi connectivity index (χ3v) is 3.73. The smallest absolute Gasteiger partial charge is 0.222 e. The zero-order chi connectivity index (χ0) is 10.1. The molecule has 3 nitrogen and oxygen atoms in total. The Bertz CT molecular complexity index is 205. The Morgan fingerprint density at radius 1 is 1.77 bits per heavy atom. The first-order chi connectivity index (χ1) is 6.02. The van der Waals surface area contributed by atoms with Crippen molar-refractivity contribution in [1.82, 2.24) is 5.32 Å². The molecule has 3 atom stereocenters. The molecule has 76 valence electrons. The number of nitrogens with one attached hydrogen (secondary N) is 1. The fourth-order valence-corrected chi connectivity index (χ4v) is 2.25. The van der Waals surface area contributed by atoms with Crippen LogP contribution in [0, 0.1) is 17.3 Å². The Labute approximate surface area is 80.1 Å². The molecule has 1 amide bonds. The number of carbonyl (C=O) groups is 1. The molecule has 0 bridgehead atoms. The fourth-order valence-electron chi connectivity index (χ4n) is 2.25. The van der Waals surface area contributed by atoms with Crippen LogP contribution in [0.4, 0.5) is 0 Å². The second kappa shape index (κ2) is 3.66. The lowest BCUT2D eigenvalue weighted by molar-refractivity contribution is -0.125. The van der Waals surface area contributed by atoms with Gasteiger partial charge in [0.1, 0.15) is 0 Å². The van der Waals surface area contributed by atoms with E-state index in [1.54, 1.807) is 0 Å². The molecule has 0 aromatic rings. The van der Waals surface area contributed by atoms with E-state index >= 15 is 0 Å². The van der Waals surface area contributed by atoms with Crippen molar-refractivity contribution in [2.45, 2.75) is 27.2 Å². The van der Waals surface area contributed by atoms with Gasteiger partial charge in [0.25, 0.3) is 0 Å². The molecular formula is C10H20N2O. The maximum Gasteiger partial charge on any atom is 0.222 e. The summed E-state index contributed by atoms with van der Waals surface area (Å²) in [6.07, 6.45) is 1.10. The van der Waals surface area contributed by atoms with Crippen LogP contribution >= 0.6 is 0 Å². The van der Waals surface area contributed by atoms with Crippen molar-refractivity contribution in [1.29, 1.82) is 0 Å². The maximum atomic E-state index is 11.2. The summed E-state index contributed by atoms with van der Waals surface area (Å²) in [5.41, 5.74) is 5.44. The maximum absolute atomic E-state index is 11.2. The van der Waals surface area contributed by atoms with Gasteiger partial charge in [-0.2, -0.15) is 0 Å². The first kappa shape index (κ1) is 10.5. The number of nitrogens with two attached hydrogens (primary N) is 1. The first-order valence-corrected chi connectivity index (χ1v) is 5.02. The van der Waals surface area contributed by atoms with Gasteiger partial charge in [0.15, 0.2) is 0 Å². The van der Waals surface area contributed by atoms with E-state index in [0.717, 1.165) is 19.5 Å². The van der Waals surface area contributed by atoms with Crippen LogP contribution in [0.25, 0.3) is 0 Å². The Hall–Kier alpha value is -0.570. The quantitative estimate of drug-likeness (QED) is 0.680. The van der Waals surface area contributed by atoms with Crippen molar-refractivity contribution in [3.05, 3.63) is 0 Å². The van der Waals surface area contributed by atoms with Gasteiger partial charge in [-0.1, -0.05) is 27.2 Å². The molecule has 0 radical (unpaired) electrons. The van der Waals surface area contributed by atoms with Crippen molar-refractivity contribution < 1.29 is 4.79 Å². The summed E-state index contributed by atoms with van der Waals surface area (Å²) in [5.74, 6) is 0.384. The van der Waals surface area contributed by atoms with Crippen molar-refractivity contribution in [2.75, 3.05) is 13.1 Å². The second-order valence-electron chi connectivity index (χ2n) is 4.40. The summed E-state index contributed by atoms with van der Waals surface area (Å²) in [6, 6.07) is 0. The van der Waals surface area contributed by atoms with Gasteiger partial charge in [0.05, 0.1) is 5.92 Å². The van der Waals surface area contributed by atoms with Gasteiger partial charge >= 0.3 is 0 Å². The van der Waals surface area contributed by atoms with Crippen LogP contribution in [0.5, 0.6) is 0 Å². The van der Waals surface area contributed by atoms with E-state index in [-0.39, 0.29) is 17.2 Å². The van der Waals surface area contributed by atoms with E-state index in [9.17, 15) is 4.79 Å². The Morgan fingerprint density at radius 3 is 2.85 bits per heavy atom. The van der Waals surface area contributed by atoms with Crippen molar-refractivity contribution in [3.8, 4) is 0 Å². The van der Waals surface area contributed by atoms with Gasteiger partial charge < -0.3 is 11.1 Å². The summed E-state index contributed by atoms with van der Waals surface area (Å²) in [4.78, 5) is 11.2. The molecule has 1 aliphatic heterocycles. The summed E-state index contributed by atoms with van der Waals surface area (Å²) < 4.78 is 0. The number of hydrogen-bond acceptors (Lipinski definition) is 2. The Morgan fingerprint density at radius 2 is 2.38 bits per heavy atom. The molecule has 0 aromatic heterocycles. The molecule has 0 aliphatic carbocycles. The summed E-state index contributed by atoms with van der Waals surface area (Å²) in [6.45, 7) is 8.18. The highest BCUT2D eigenvalue weighted by molar-refractivity contribution is 5.78. The van der Waals surface area contributed by atoms with Gasteiger partial charge in [-0.25, -0.2) is 0 Å². The molecule has 3 N–H and O–H groups in total. The van der Waals surface area contributed by atoms with Gasteiger partial charge in [0, 0.05) is 13.1 Å².